The molecule has 0 aromatic carbocycles. The zero-order valence-electron chi connectivity index (χ0n) is 13.4. The third-order valence-electron chi connectivity index (χ3n) is 3.89. The fraction of sp³-hybridized carbons (Fsp3) is 0.312. The monoisotopic (exact) mass is 341 g/mol. The Kier molecular flexibility index (Phi) is 3.65. The van der Waals surface area contributed by atoms with Gasteiger partial charge in [0.1, 0.15) is 11.0 Å². The van der Waals surface area contributed by atoms with Crippen molar-refractivity contribution in [3.05, 3.63) is 40.3 Å². The Morgan fingerprint density at radius 1 is 1.00 bits per heavy atom. The molecule has 0 radical (unpaired) electrons. The van der Waals surface area contributed by atoms with Crippen molar-refractivity contribution in [2.24, 2.45) is 0 Å². The lowest BCUT2D eigenvalue weighted by molar-refractivity contribution is 0.608. The van der Waals surface area contributed by atoms with Crippen LogP contribution in [0, 0.1) is 13.8 Å². The largest absolute Gasteiger partial charge is 0.356 e. The number of halogens is 1. The Hall–Kier alpha value is -2.54. The molecule has 4 heterocycles. The van der Waals surface area contributed by atoms with Crippen molar-refractivity contribution < 1.29 is 0 Å². The van der Waals surface area contributed by atoms with Crippen molar-refractivity contribution in [2.75, 3.05) is 18.0 Å². The average molecular weight is 342 g/mol. The first kappa shape index (κ1) is 15.0. The molecule has 0 spiro atoms. The third kappa shape index (κ3) is 2.82. The number of hydrogen-bond acceptors (Lipinski definition) is 6. The predicted octanol–water partition coefficient (Wildman–Crippen LogP) is 2.57. The first-order valence-corrected chi connectivity index (χ1v) is 8.15. The van der Waals surface area contributed by atoms with E-state index in [1.165, 1.54) is 6.42 Å². The van der Waals surface area contributed by atoms with Gasteiger partial charge in [-0.1, -0.05) is 11.6 Å². The van der Waals surface area contributed by atoms with Crippen LogP contribution in [0.1, 0.15) is 29.5 Å². The van der Waals surface area contributed by atoms with Crippen molar-refractivity contribution in [3.8, 4) is 0 Å². The molecule has 1 saturated heterocycles. The number of nitrogens with zero attached hydrogens (tertiary/aromatic N) is 7. The van der Waals surface area contributed by atoms with Gasteiger partial charge in [0, 0.05) is 30.5 Å². The summed E-state index contributed by atoms with van der Waals surface area (Å²) in [4.78, 5) is 19.7. The van der Waals surface area contributed by atoms with Crippen molar-refractivity contribution in [1.29, 1.82) is 0 Å². The minimum absolute atomic E-state index is 0.433. The van der Waals surface area contributed by atoms with Gasteiger partial charge in [-0.3, -0.25) is 0 Å². The summed E-state index contributed by atoms with van der Waals surface area (Å²) in [6.45, 7) is 5.93. The molecule has 3 aromatic heterocycles. The molecule has 3 aromatic rings. The molecular formula is C16H16ClN7. The predicted molar refractivity (Wildman–Crippen MR) is 93.1 cm³/mol. The van der Waals surface area contributed by atoms with E-state index in [2.05, 4.69) is 29.9 Å². The third-order valence-corrected chi connectivity index (χ3v) is 4.09. The van der Waals surface area contributed by atoms with E-state index in [-0.39, 0.29) is 0 Å². The minimum atomic E-state index is 0.433. The lowest BCUT2D eigenvalue weighted by atomic mass is 10.2. The highest BCUT2D eigenvalue weighted by atomic mass is 35.5. The summed E-state index contributed by atoms with van der Waals surface area (Å²) < 4.78 is 1.72. The number of aromatic nitrogens is 6. The SMILES string of the molecule is Cc1cc(C)n2nc(/C=C/c3nc(Cl)cc(N4CCC4)n3)nc2n1. The van der Waals surface area contributed by atoms with Crippen LogP contribution >= 0.6 is 11.6 Å². The average Bonchev–Trinajstić information content (AvgIpc) is 2.86. The number of hydrogen-bond donors (Lipinski definition) is 0. The Morgan fingerprint density at radius 2 is 1.79 bits per heavy atom. The Labute approximate surface area is 144 Å². The van der Waals surface area contributed by atoms with Crippen LogP contribution in [-0.2, 0) is 0 Å². The molecular weight excluding hydrogens is 326 g/mol. The van der Waals surface area contributed by atoms with Crippen LogP contribution in [0.2, 0.25) is 5.15 Å². The van der Waals surface area contributed by atoms with Gasteiger partial charge in [-0.2, -0.15) is 4.98 Å². The normalized spacial score (nSPS) is 14.5. The number of aryl methyl sites for hydroxylation is 2. The van der Waals surface area contributed by atoms with Crippen LogP contribution in [-0.4, -0.2) is 42.6 Å². The molecule has 0 aliphatic carbocycles. The van der Waals surface area contributed by atoms with E-state index in [1.54, 1.807) is 22.7 Å². The fourth-order valence-electron chi connectivity index (χ4n) is 2.61. The molecule has 0 amide bonds. The van der Waals surface area contributed by atoms with E-state index in [0.29, 0.717) is 22.6 Å². The van der Waals surface area contributed by atoms with Crippen LogP contribution in [0.4, 0.5) is 5.82 Å². The maximum Gasteiger partial charge on any atom is 0.253 e. The van der Waals surface area contributed by atoms with Crippen LogP contribution < -0.4 is 4.90 Å². The highest BCUT2D eigenvalue weighted by molar-refractivity contribution is 6.29. The fourth-order valence-corrected chi connectivity index (χ4v) is 2.79. The van der Waals surface area contributed by atoms with Crippen LogP contribution in [0.15, 0.2) is 12.1 Å². The summed E-state index contributed by atoms with van der Waals surface area (Å²) in [6.07, 6.45) is 4.73. The van der Waals surface area contributed by atoms with Gasteiger partial charge < -0.3 is 4.90 Å². The molecule has 122 valence electrons. The maximum absolute atomic E-state index is 6.10. The van der Waals surface area contributed by atoms with Gasteiger partial charge in [-0.05, 0) is 38.5 Å². The van der Waals surface area contributed by atoms with Gasteiger partial charge in [-0.15, -0.1) is 5.10 Å². The number of anilines is 1. The van der Waals surface area contributed by atoms with E-state index in [4.69, 9.17) is 11.6 Å². The van der Waals surface area contributed by atoms with Crippen molar-refractivity contribution in [1.82, 2.24) is 29.5 Å². The summed E-state index contributed by atoms with van der Waals surface area (Å²) in [5.74, 6) is 2.55. The summed E-state index contributed by atoms with van der Waals surface area (Å²) in [7, 11) is 0. The minimum Gasteiger partial charge on any atom is -0.356 e. The first-order valence-electron chi connectivity index (χ1n) is 7.77. The van der Waals surface area contributed by atoms with E-state index in [0.717, 1.165) is 30.3 Å². The van der Waals surface area contributed by atoms with Gasteiger partial charge in [0.2, 0.25) is 0 Å². The number of fused-ring (bicyclic) bond motifs is 1. The van der Waals surface area contributed by atoms with E-state index in [1.807, 2.05) is 19.9 Å². The van der Waals surface area contributed by atoms with Crippen LogP contribution in [0.3, 0.4) is 0 Å². The second kappa shape index (κ2) is 5.83. The first-order chi connectivity index (χ1) is 11.6. The lowest BCUT2D eigenvalue weighted by Gasteiger charge is -2.32. The highest BCUT2D eigenvalue weighted by Gasteiger charge is 2.17. The smallest absolute Gasteiger partial charge is 0.253 e. The van der Waals surface area contributed by atoms with Gasteiger partial charge in [0.25, 0.3) is 5.78 Å². The summed E-state index contributed by atoms with van der Waals surface area (Å²) in [5.41, 5.74) is 1.91. The molecule has 0 N–H and O–H groups in total. The van der Waals surface area contributed by atoms with Crippen molar-refractivity contribution >= 4 is 35.3 Å². The molecule has 0 bridgehead atoms. The highest BCUT2D eigenvalue weighted by Crippen LogP contribution is 2.21. The molecule has 8 heteroatoms. The zero-order chi connectivity index (χ0) is 16.7. The molecule has 0 unspecified atom stereocenters. The molecule has 0 atom stereocenters. The zero-order valence-corrected chi connectivity index (χ0v) is 14.2. The molecule has 1 aliphatic heterocycles. The Morgan fingerprint density at radius 3 is 2.54 bits per heavy atom. The summed E-state index contributed by atoms with van der Waals surface area (Å²) in [5, 5.41) is 4.87. The van der Waals surface area contributed by atoms with Gasteiger partial charge in [-0.25, -0.2) is 19.5 Å². The van der Waals surface area contributed by atoms with E-state index >= 15 is 0 Å². The van der Waals surface area contributed by atoms with Gasteiger partial charge in [0.15, 0.2) is 11.6 Å². The van der Waals surface area contributed by atoms with E-state index < -0.39 is 0 Å². The lowest BCUT2D eigenvalue weighted by Crippen LogP contribution is -2.37. The Balaban J connectivity index is 1.65. The van der Waals surface area contributed by atoms with Gasteiger partial charge >= 0.3 is 0 Å². The van der Waals surface area contributed by atoms with Crippen molar-refractivity contribution in [3.63, 3.8) is 0 Å². The van der Waals surface area contributed by atoms with Crippen molar-refractivity contribution in [2.45, 2.75) is 20.3 Å². The quantitative estimate of drug-likeness (QED) is 0.682. The molecule has 1 fully saturated rings. The van der Waals surface area contributed by atoms with Gasteiger partial charge in [0.05, 0.1) is 0 Å². The van der Waals surface area contributed by atoms with Crippen LogP contribution in [0.25, 0.3) is 17.9 Å². The standard InChI is InChI=1S/C16H16ClN7/c1-10-8-11(2)24-16(18-10)21-14(22-24)5-4-13-19-12(17)9-15(20-13)23-6-3-7-23/h4-5,8-9H,3,6-7H2,1-2H3/b5-4+. The summed E-state index contributed by atoms with van der Waals surface area (Å²) >= 11 is 6.10. The number of rotatable bonds is 3. The summed E-state index contributed by atoms with van der Waals surface area (Å²) in [6, 6.07) is 3.76. The molecule has 7 nitrogen and oxygen atoms in total. The molecule has 4 rings (SSSR count). The molecule has 1 aliphatic rings. The Bertz CT molecular complexity index is 943. The van der Waals surface area contributed by atoms with Crippen LogP contribution in [0.5, 0.6) is 0 Å². The van der Waals surface area contributed by atoms with E-state index in [9.17, 15) is 0 Å². The topological polar surface area (TPSA) is 72.1 Å². The maximum atomic E-state index is 6.10. The second-order valence-electron chi connectivity index (χ2n) is 5.80. The molecule has 0 saturated carbocycles. The molecule has 24 heavy (non-hydrogen) atoms. The second-order valence-corrected chi connectivity index (χ2v) is 6.19.